The first-order valence-electron chi connectivity index (χ1n) is 5.24. The number of nitrogens with two attached hydrogens (primary N) is 1. The smallest absolute Gasteiger partial charge is 0.0506 e. The van der Waals surface area contributed by atoms with Crippen LogP contribution in [0.15, 0.2) is 18.5 Å². The van der Waals surface area contributed by atoms with Crippen LogP contribution in [0.5, 0.6) is 0 Å². The summed E-state index contributed by atoms with van der Waals surface area (Å²) in [6.45, 7) is 0.949. The second-order valence-electron chi connectivity index (χ2n) is 3.90. The summed E-state index contributed by atoms with van der Waals surface area (Å²) in [6.07, 6.45) is 12.4. The molecule has 0 saturated carbocycles. The van der Waals surface area contributed by atoms with Gasteiger partial charge in [-0.1, -0.05) is 12.3 Å². The Labute approximate surface area is 90.3 Å². The zero-order chi connectivity index (χ0) is 10.7. The molecule has 1 aliphatic rings. The van der Waals surface area contributed by atoms with Crippen LogP contribution in [-0.2, 0) is 0 Å². The summed E-state index contributed by atoms with van der Waals surface area (Å²) < 4.78 is 0. The number of nitrogens with zero attached hydrogens (tertiary/aromatic N) is 2. The Kier molecular flexibility index (Phi) is 3.00. The molecule has 1 aromatic heterocycles. The summed E-state index contributed by atoms with van der Waals surface area (Å²) in [6, 6.07) is 2.28. The molecule has 2 N–H and O–H groups in total. The van der Waals surface area contributed by atoms with Gasteiger partial charge < -0.3 is 0 Å². The molecule has 2 rings (SSSR count). The third-order valence-corrected chi connectivity index (χ3v) is 2.86. The van der Waals surface area contributed by atoms with Crippen LogP contribution in [0.1, 0.15) is 36.4 Å². The lowest BCUT2D eigenvalue weighted by atomic mass is 9.97. The van der Waals surface area contributed by atoms with Crippen molar-refractivity contribution in [2.75, 3.05) is 6.54 Å². The van der Waals surface area contributed by atoms with Crippen LogP contribution in [0, 0.1) is 12.3 Å². The van der Waals surface area contributed by atoms with Gasteiger partial charge in [0, 0.05) is 24.5 Å². The summed E-state index contributed by atoms with van der Waals surface area (Å²) >= 11 is 0. The van der Waals surface area contributed by atoms with Crippen molar-refractivity contribution in [2.45, 2.75) is 25.3 Å². The average Bonchev–Trinajstić information content (AvgIpc) is 2.30. The minimum atomic E-state index is 0.277. The van der Waals surface area contributed by atoms with E-state index in [2.05, 4.69) is 10.9 Å². The second-order valence-corrected chi connectivity index (χ2v) is 3.90. The van der Waals surface area contributed by atoms with Gasteiger partial charge in [0.1, 0.15) is 0 Å². The molecule has 3 nitrogen and oxygen atoms in total. The van der Waals surface area contributed by atoms with E-state index < -0.39 is 0 Å². The van der Waals surface area contributed by atoms with Crippen molar-refractivity contribution >= 4 is 0 Å². The van der Waals surface area contributed by atoms with E-state index in [-0.39, 0.29) is 6.04 Å². The van der Waals surface area contributed by atoms with E-state index in [4.69, 9.17) is 12.3 Å². The predicted molar refractivity (Wildman–Crippen MR) is 59.7 cm³/mol. The van der Waals surface area contributed by atoms with Gasteiger partial charge in [0.15, 0.2) is 0 Å². The molecule has 0 bridgehead atoms. The highest BCUT2D eigenvalue weighted by Crippen LogP contribution is 2.27. The minimum absolute atomic E-state index is 0.277. The molecule has 1 fully saturated rings. The van der Waals surface area contributed by atoms with E-state index in [9.17, 15) is 0 Å². The van der Waals surface area contributed by atoms with Crippen LogP contribution in [0.4, 0.5) is 0 Å². The van der Waals surface area contributed by atoms with Gasteiger partial charge in [0.2, 0.25) is 0 Å². The molecular formula is C12H15N3. The molecule has 0 radical (unpaired) electrons. The standard InChI is InChI=1S/C12H15N3/c1-2-10-7-11(9-14-8-10)12-5-3-4-6-15(12)13/h1,7-9,12H,3-6,13H2/t12-/m0/s1. The third kappa shape index (κ3) is 2.17. The van der Waals surface area contributed by atoms with Crippen molar-refractivity contribution in [2.24, 2.45) is 5.84 Å². The highest BCUT2D eigenvalue weighted by molar-refractivity contribution is 5.33. The van der Waals surface area contributed by atoms with Gasteiger partial charge in [-0.3, -0.25) is 10.8 Å². The van der Waals surface area contributed by atoms with Crippen LogP contribution >= 0.6 is 0 Å². The Morgan fingerprint density at radius 2 is 2.33 bits per heavy atom. The maximum atomic E-state index is 5.96. The van der Waals surface area contributed by atoms with Crippen molar-refractivity contribution in [3.8, 4) is 12.3 Å². The molecule has 78 valence electrons. The molecule has 2 heterocycles. The van der Waals surface area contributed by atoms with E-state index in [1.54, 1.807) is 6.20 Å². The zero-order valence-electron chi connectivity index (χ0n) is 8.69. The van der Waals surface area contributed by atoms with Gasteiger partial charge >= 0.3 is 0 Å². The molecule has 1 aromatic rings. The summed E-state index contributed by atoms with van der Waals surface area (Å²) in [4.78, 5) is 4.14. The molecule has 15 heavy (non-hydrogen) atoms. The molecule has 1 atom stereocenters. The largest absolute Gasteiger partial charge is 0.268 e. The van der Waals surface area contributed by atoms with Gasteiger partial charge in [-0.15, -0.1) is 6.42 Å². The SMILES string of the molecule is C#Cc1cncc([C@@H]2CCCCN2N)c1. The van der Waals surface area contributed by atoms with Gasteiger partial charge in [0.05, 0.1) is 6.04 Å². The number of rotatable bonds is 1. The maximum absolute atomic E-state index is 5.96. The van der Waals surface area contributed by atoms with Gasteiger partial charge in [0.25, 0.3) is 0 Å². The molecule has 3 heteroatoms. The van der Waals surface area contributed by atoms with Crippen LogP contribution < -0.4 is 5.84 Å². The molecule has 0 unspecified atom stereocenters. The zero-order valence-corrected chi connectivity index (χ0v) is 8.69. The lowest BCUT2D eigenvalue weighted by Gasteiger charge is -2.31. The summed E-state index contributed by atoms with van der Waals surface area (Å²) in [5, 5.41) is 1.89. The fraction of sp³-hybridized carbons (Fsp3) is 0.417. The van der Waals surface area contributed by atoms with E-state index in [0.29, 0.717) is 0 Å². The normalized spacial score (nSPS) is 22.3. The van der Waals surface area contributed by atoms with Crippen LogP contribution in [0.25, 0.3) is 0 Å². The second kappa shape index (κ2) is 4.43. The number of aromatic nitrogens is 1. The topological polar surface area (TPSA) is 42.2 Å². The first-order chi connectivity index (χ1) is 7.31. The van der Waals surface area contributed by atoms with Crippen molar-refractivity contribution < 1.29 is 0 Å². The number of piperidine rings is 1. The van der Waals surface area contributed by atoms with Gasteiger partial charge in [-0.25, -0.2) is 5.01 Å². The lowest BCUT2D eigenvalue weighted by molar-refractivity contribution is 0.151. The molecule has 0 amide bonds. The Hall–Kier alpha value is -1.37. The minimum Gasteiger partial charge on any atom is -0.268 e. The van der Waals surface area contributed by atoms with Crippen LogP contribution in [0.2, 0.25) is 0 Å². The highest BCUT2D eigenvalue weighted by atomic mass is 15.4. The highest BCUT2D eigenvalue weighted by Gasteiger charge is 2.21. The fourth-order valence-electron chi connectivity index (χ4n) is 2.03. The average molecular weight is 201 g/mol. The Bertz CT molecular complexity index is 381. The summed E-state index contributed by atoms with van der Waals surface area (Å²) in [7, 11) is 0. The lowest BCUT2D eigenvalue weighted by Crippen LogP contribution is -2.38. The number of hydrazine groups is 1. The fourth-order valence-corrected chi connectivity index (χ4v) is 2.03. The first kappa shape index (κ1) is 10.2. The van der Waals surface area contributed by atoms with E-state index in [1.807, 2.05) is 17.3 Å². The Morgan fingerprint density at radius 1 is 1.47 bits per heavy atom. The summed E-state index contributed by atoms with van der Waals surface area (Å²) in [5.74, 6) is 8.56. The molecule has 0 aliphatic carbocycles. The number of hydrogen-bond acceptors (Lipinski definition) is 3. The first-order valence-corrected chi connectivity index (χ1v) is 5.24. The predicted octanol–water partition coefficient (Wildman–Crippen LogP) is 1.46. The monoisotopic (exact) mass is 201 g/mol. The molecule has 1 saturated heterocycles. The maximum Gasteiger partial charge on any atom is 0.0506 e. The molecule has 0 spiro atoms. The van der Waals surface area contributed by atoms with Crippen LogP contribution in [-0.4, -0.2) is 16.5 Å². The number of pyridine rings is 1. The van der Waals surface area contributed by atoms with Gasteiger partial charge in [-0.2, -0.15) is 0 Å². The Morgan fingerprint density at radius 3 is 3.07 bits per heavy atom. The molecular weight excluding hydrogens is 186 g/mol. The van der Waals surface area contributed by atoms with E-state index >= 15 is 0 Å². The van der Waals surface area contributed by atoms with Crippen molar-refractivity contribution in [3.63, 3.8) is 0 Å². The number of hydrogen-bond donors (Lipinski definition) is 1. The number of terminal acetylenes is 1. The van der Waals surface area contributed by atoms with Crippen LogP contribution in [0.3, 0.4) is 0 Å². The van der Waals surface area contributed by atoms with Crippen molar-refractivity contribution in [3.05, 3.63) is 29.6 Å². The molecule has 0 aromatic carbocycles. The van der Waals surface area contributed by atoms with Crippen molar-refractivity contribution in [1.82, 2.24) is 9.99 Å². The van der Waals surface area contributed by atoms with E-state index in [0.717, 1.165) is 24.1 Å². The summed E-state index contributed by atoms with van der Waals surface area (Å²) in [5.41, 5.74) is 1.96. The van der Waals surface area contributed by atoms with E-state index in [1.165, 1.54) is 12.8 Å². The van der Waals surface area contributed by atoms with Crippen molar-refractivity contribution in [1.29, 1.82) is 0 Å². The third-order valence-electron chi connectivity index (χ3n) is 2.86. The Balaban J connectivity index is 2.24. The quantitative estimate of drug-likeness (QED) is 0.552. The molecule has 1 aliphatic heterocycles. The van der Waals surface area contributed by atoms with Gasteiger partial charge in [-0.05, 0) is 24.5 Å².